The molecule has 0 fully saturated rings. The van der Waals surface area contributed by atoms with Crippen molar-refractivity contribution < 1.29 is 31.1 Å². The van der Waals surface area contributed by atoms with E-state index in [0.29, 0.717) is 16.7 Å². The van der Waals surface area contributed by atoms with Crippen LogP contribution in [0.5, 0.6) is 5.75 Å². The van der Waals surface area contributed by atoms with Crippen LogP contribution in [0.3, 0.4) is 0 Å². The van der Waals surface area contributed by atoms with Crippen LogP contribution in [0.25, 0.3) is 22.0 Å². The fourth-order valence-corrected chi connectivity index (χ4v) is 4.28. The summed E-state index contributed by atoms with van der Waals surface area (Å²) >= 11 is 0. The maximum absolute atomic E-state index is 14.9. The van der Waals surface area contributed by atoms with Crippen LogP contribution < -0.4 is 9.46 Å². The first kappa shape index (κ1) is 23.4. The Balaban J connectivity index is 2.10. The summed E-state index contributed by atoms with van der Waals surface area (Å²) in [5.74, 6) is -2.72. The number of fused-ring (bicyclic) bond motifs is 1. The van der Waals surface area contributed by atoms with E-state index in [9.17, 15) is 26.4 Å². The van der Waals surface area contributed by atoms with Gasteiger partial charge in [-0.25, -0.2) is 26.3 Å². The van der Waals surface area contributed by atoms with Crippen molar-refractivity contribution in [2.45, 2.75) is 6.54 Å². The van der Waals surface area contributed by atoms with Gasteiger partial charge in [0.1, 0.15) is 28.9 Å². The number of benzene rings is 3. The highest BCUT2D eigenvalue weighted by molar-refractivity contribution is 7.89. The van der Waals surface area contributed by atoms with Gasteiger partial charge in [-0.3, -0.25) is 4.79 Å². The van der Waals surface area contributed by atoms with E-state index in [2.05, 4.69) is 0 Å². The average Bonchev–Trinajstić information content (AvgIpc) is 3.08. The van der Waals surface area contributed by atoms with E-state index < -0.39 is 33.4 Å². The molecule has 176 valence electrons. The molecule has 1 aromatic heterocycles. The molecule has 0 aliphatic carbocycles. The Kier molecular flexibility index (Phi) is 6.09. The Hall–Kier alpha value is -3.79. The van der Waals surface area contributed by atoms with E-state index in [1.54, 1.807) is 24.3 Å². The summed E-state index contributed by atoms with van der Waals surface area (Å²) < 4.78 is 75.5. The molecule has 1 N–H and O–H groups in total. The molecule has 0 radical (unpaired) electrons. The quantitative estimate of drug-likeness (QED) is 0.435. The fourth-order valence-electron chi connectivity index (χ4n) is 3.85. The standard InChI is InChI=1S/C24H19F3N2O4S/c1-33-16-8-10-21-18(12-16)22(17-5-3-4-6-20(17)27)23(24(30)28-34(2,31)32)29(21)13-14-11-15(25)7-9-19(14)26/h3-12H,13H2,1-2H3,(H,28,30). The van der Waals surface area contributed by atoms with Crippen molar-refractivity contribution >= 4 is 26.8 Å². The molecule has 6 nitrogen and oxygen atoms in total. The minimum absolute atomic E-state index is 0.0258. The highest BCUT2D eigenvalue weighted by Crippen LogP contribution is 2.39. The van der Waals surface area contributed by atoms with Gasteiger partial charge >= 0.3 is 0 Å². The lowest BCUT2D eigenvalue weighted by atomic mass is 10.0. The summed E-state index contributed by atoms with van der Waals surface area (Å²) in [6, 6.07) is 13.3. The maximum atomic E-state index is 14.9. The van der Waals surface area contributed by atoms with Crippen LogP contribution in [0.1, 0.15) is 16.1 Å². The van der Waals surface area contributed by atoms with Crippen LogP contribution in [0.2, 0.25) is 0 Å². The Morgan fingerprint density at radius 2 is 1.74 bits per heavy atom. The van der Waals surface area contributed by atoms with E-state index in [0.717, 1.165) is 24.5 Å². The van der Waals surface area contributed by atoms with Gasteiger partial charge in [0, 0.05) is 27.6 Å². The van der Waals surface area contributed by atoms with Gasteiger partial charge in [0.25, 0.3) is 5.91 Å². The third-order valence-corrected chi connectivity index (χ3v) is 5.80. The molecule has 4 rings (SSSR count). The highest BCUT2D eigenvalue weighted by atomic mass is 32.2. The molecular formula is C24H19F3N2O4S. The number of sulfonamides is 1. The third-order valence-electron chi connectivity index (χ3n) is 5.24. The van der Waals surface area contributed by atoms with Gasteiger partial charge in [0.05, 0.1) is 19.9 Å². The number of ether oxygens (including phenoxy) is 1. The van der Waals surface area contributed by atoms with Gasteiger partial charge in [-0.15, -0.1) is 0 Å². The molecule has 0 saturated heterocycles. The lowest BCUT2D eigenvalue weighted by molar-refractivity contribution is 0.0974. The smallest absolute Gasteiger partial charge is 0.282 e. The number of hydrogen-bond donors (Lipinski definition) is 1. The minimum Gasteiger partial charge on any atom is -0.497 e. The van der Waals surface area contributed by atoms with Crippen molar-refractivity contribution in [2.75, 3.05) is 13.4 Å². The van der Waals surface area contributed by atoms with Crippen molar-refractivity contribution in [3.63, 3.8) is 0 Å². The summed E-state index contributed by atoms with van der Waals surface area (Å²) in [7, 11) is -2.57. The number of rotatable bonds is 6. The van der Waals surface area contributed by atoms with Crippen molar-refractivity contribution in [3.05, 3.63) is 89.4 Å². The first-order valence-electron chi connectivity index (χ1n) is 10.00. The van der Waals surface area contributed by atoms with Crippen molar-refractivity contribution in [3.8, 4) is 16.9 Å². The molecule has 1 amide bonds. The highest BCUT2D eigenvalue weighted by Gasteiger charge is 2.28. The number of nitrogens with one attached hydrogen (secondary N) is 1. The Morgan fingerprint density at radius 1 is 1.00 bits per heavy atom. The lowest BCUT2D eigenvalue weighted by Gasteiger charge is -2.13. The Morgan fingerprint density at radius 3 is 2.41 bits per heavy atom. The van der Waals surface area contributed by atoms with Crippen molar-refractivity contribution in [1.29, 1.82) is 0 Å². The molecular weight excluding hydrogens is 469 g/mol. The van der Waals surface area contributed by atoms with Gasteiger partial charge < -0.3 is 9.30 Å². The van der Waals surface area contributed by atoms with Crippen LogP contribution in [0, 0.1) is 17.5 Å². The topological polar surface area (TPSA) is 77.4 Å². The molecule has 0 saturated carbocycles. The van der Waals surface area contributed by atoms with Gasteiger partial charge in [0.15, 0.2) is 0 Å². The van der Waals surface area contributed by atoms with E-state index in [1.165, 1.54) is 29.9 Å². The molecule has 4 aromatic rings. The summed E-state index contributed by atoms with van der Waals surface area (Å²) in [6.07, 6.45) is 0.802. The third kappa shape index (κ3) is 4.49. The Bertz CT molecular complexity index is 1530. The molecule has 0 bridgehead atoms. The van der Waals surface area contributed by atoms with Crippen LogP contribution in [0.15, 0.2) is 60.7 Å². The summed E-state index contributed by atoms with van der Waals surface area (Å²) in [4.78, 5) is 13.2. The molecule has 0 atom stereocenters. The zero-order valence-corrected chi connectivity index (χ0v) is 18.9. The second-order valence-corrected chi connectivity index (χ2v) is 9.36. The summed E-state index contributed by atoms with van der Waals surface area (Å²) in [5.41, 5.74) is 0.160. The number of hydrogen-bond acceptors (Lipinski definition) is 4. The molecule has 0 unspecified atom stereocenters. The minimum atomic E-state index is -4.00. The van der Waals surface area contributed by atoms with Crippen LogP contribution in [0.4, 0.5) is 13.2 Å². The van der Waals surface area contributed by atoms with Gasteiger partial charge in [-0.05, 0) is 42.5 Å². The molecule has 1 heterocycles. The summed E-state index contributed by atoms with van der Waals surface area (Å²) in [5, 5.41) is 0.361. The lowest BCUT2D eigenvalue weighted by Crippen LogP contribution is -2.31. The molecule has 34 heavy (non-hydrogen) atoms. The SMILES string of the molecule is COc1ccc2c(c1)c(-c1ccccc1F)c(C(=O)NS(C)(=O)=O)n2Cc1cc(F)ccc1F. The second-order valence-electron chi connectivity index (χ2n) is 7.61. The average molecular weight is 488 g/mol. The first-order chi connectivity index (χ1) is 16.1. The molecule has 0 aliphatic rings. The fraction of sp³-hybridized carbons (Fsp3) is 0.125. The van der Waals surface area contributed by atoms with Gasteiger partial charge in [-0.2, -0.15) is 0 Å². The predicted octanol–water partition coefficient (Wildman–Crippen LogP) is 4.47. The predicted molar refractivity (Wildman–Crippen MR) is 122 cm³/mol. The number of aromatic nitrogens is 1. The van der Waals surface area contributed by atoms with Crippen LogP contribution in [-0.4, -0.2) is 32.3 Å². The molecule has 0 spiro atoms. The summed E-state index contributed by atoms with van der Waals surface area (Å²) in [6.45, 7) is -0.326. The van der Waals surface area contributed by atoms with E-state index in [4.69, 9.17) is 4.74 Å². The number of nitrogens with zero attached hydrogens (tertiary/aromatic N) is 1. The number of carbonyl (C=O) groups excluding carboxylic acids is 1. The van der Waals surface area contributed by atoms with Crippen LogP contribution in [-0.2, 0) is 16.6 Å². The Labute approximate surface area is 193 Å². The van der Waals surface area contributed by atoms with Crippen LogP contribution >= 0.6 is 0 Å². The van der Waals surface area contributed by atoms with E-state index in [-0.39, 0.29) is 28.9 Å². The van der Waals surface area contributed by atoms with E-state index >= 15 is 0 Å². The number of methoxy groups -OCH3 is 1. The van der Waals surface area contributed by atoms with Gasteiger partial charge in [0.2, 0.25) is 10.0 Å². The second kappa shape index (κ2) is 8.86. The van der Waals surface area contributed by atoms with Crippen molar-refractivity contribution in [2.24, 2.45) is 0 Å². The normalized spacial score (nSPS) is 11.6. The number of halogens is 3. The largest absolute Gasteiger partial charge is 0.497 e. The van der Waals surface area contributed by atoms with Gasteiger partial charge in [-0.1, -0.05) is 18.2 Å². The zero-order chi connectivity index (χ0) is 24.6. The monoisotopic (exact) mass is 488 g/mol. The molecule has 10 heteroatoms. The first-order valence-corrected chi connectivity index (χ1v) is 11.9. The number of amides is 1. The molecule has 0 aliphatic heterocycles. The van der Waals surface area contributed by atoms with E-state index in [1.807, 2.05) is 4.72 Å². The van der Waals surface area contributed by atoms with Crippen molar-refractivity contribution in [1.82, 2.24) is 9.29 Å². The number of carbonyl (C=O) groups is 1. The molecule has 3 aromatic carbocycles. The maximum Gasteiger partial charge on any atom is 0.282 e. The zero-order valence-electron chi connectivity index (χ0n) is 18.1.